The summed E-state index contributed by atoms with van der Waals surface area (Å²) in [5.74, 6) is 0.855. The van der Waals surface area contributed by atoms with E-state index in [1.165, 1.54) is 6.21 Å². The number of hydrogen-bond donors (Lipinski definition) is 3. The average molecular weight is 329 g/mol. The number of phenols is 1. The van der Waals surface area contributed by atoms with Crippen molar-refractivity contribution in [2.24, 2.45) is 5.10 Å². The summed E-state index contributed by atoms with van der Waals surface area (Å²) in [5, 5.41) is 13.3. The fourth-order valence-corrected chi connectivity index (χ4v) is 2.29. The van der Waals surface area contributed by atoms with Crippen LogP contribution in [0.4, 0.5) is 11.5 Å². The number of aromatic amines is 1. The van der Waals surface area contributed by atoms with Crippen LogP contribution in [-0.4, -0.2) is 34.4 Å². The third kappa shape index (κ3) is 5.12. The van der Waals surface area contributed by atoms with Gasteiger partial charge in [-0.05, 0) is 37.1 Å². The van der Waals surface area contributed by atoms with Crippen molar-refractivity contribution in [3.63, 3.8) is 0 Å². The minimum atomic E-state index is -0.393. The molecule has 0 aliphatic carbocycles. The molecule has 1 heterocycles. The fraction of sp³-hybridized carbons (Fsp3) is 0.353. The van der Waals surface area contributed by atoms with E-state index in [0.717, 1.165) is 31.6 Å². The summed E-state index contributed by atoms with van der Waals surface area (Å²) in [6, 6.07) is 8.36. The predicted molar refractivity (Wildman–Crippen MR) is 97.0 cm³/mol. The highest BCUT2D eigenvalue weighted by Gasteiger charge is 2.08. The molecule has 7 heteroatoms. The van der Waals surface area contributed by atoms with Gasteiger partial charge in [-0.25, -0.2) is 4.79 Å². The van der Waals surface area contributed by atoms with Crippen LogP contribution in [0.2, 0.25) is 0 Å². The molecule has 0 spiro atoms. The maximum absolute atomic E-state index is 11.8. The molecule has 0 unspecified atom stereocenters. The lowest BCUT2D eigenvalue weighted by Gasteiger charge is -2.22. The van der Waals surface area contributed by atoms with Gasteiger partial charge in [0.1, 0.15) is 11.6 Å². The lowest BCUT2D eigenvalue weighted by Crippen LogP contribution is -2.28. The van der Waals surface area contributed by atoms with Gasteiger partial charge in [-0.1, -0.05) is 13.8 Å². The SMILES string of the molecule is CCCN(CCC)c1cc(/C=N/Nc2ccc(O)cc2)[nH]c(=O)n1. The second-order valence-electron chi connectivity index (χ2n) is 5.40. The molecule has 24 heavy (non-hydrogen) atoms. The molecular weight excluding hydrogens is 306 g/mol. The number of phenolic OH excluding ortho intramolecular Hbond substituents is 1. The maximum atomic E-state index is 11.8. The van der Waals surface area contributed by atoms with Gasteiger partial charge in [0, 0.05) is 19.2 Å². The smallest absolute Gasteiger partial charge is 0.347 e. The van der Waals surface area contributed by atoms with E-state index >= 15 is 0 Å². The van der Waals surface area contributed by atoms with Crippen LogP contribution in [0.1, 0.15) is 32.4 Å². The highest BCUT2D eigenvalue weighted by Crippen LogP contribution is 2.14. The Balaban J connectivity index is 2.13. The zero-order valence-corrected chi connectivity index (χ0v) is 14.0. The molecule has 0 amide bonds. The molecule has 0 fully saturated rings. The average Bonchev–Trinajstić information content (AvgIpc) is 2.56. The Kier molecular flexibility index (Phi) is 6.36. The van der Waals surface area contributed by atoms with Crippen molar-refractivity contribution >= 4 is 17.7 Å². The monoisotopic (exact) mass is 329 g/mol. The number of nitrogens with one attached hydrogen (secondary N) is 2. The van der Waals surface area contributed by atoms with Crippen molar-refractivity contribution in [2.45, 2.75) is 26.7 Å². The zero-order chi connectivity index (χ0) is 17.4. The van der Waals surface area contributed by atoms with Crippen LogP contribution < -0.4 is 16.0 Å². The number of anilines is 2. The van der Waals surface area contributed by atoms with E-state index in [9.17, 15) is 9.90 Å². The summed E-state index contributed by atoms with van der Waals surface area (Å²) < 4.78 is 0. The van der Waals surface area contributed by atoms with Crippen molar-refractivity contribution in [2.75, 3.05) is 23.4 Å². The molecular formula is C17H23N5O2. The molecule has 3 N–H and O–H groups in total. The predicted octanol–water partition coefficient (Wildman–Crippen LogP) is 2.55. The molecule has 0 atom stereocenters. The van der Waals surface area contributed by atoms with Crippen molar-refractivity contribution < 1.29 is 5.11 Å². The number of hydrogen-bond acceptors (Lipinski definition) is 6. The van der Waals surface area contributed by atoms with Gasteiger partial charge in [0.25, 0.3) is 0 Å². The number of hydrazone groups is 1. The van der Waals surface area contributed by atoms with Gasteiger partial charge in [-0.2, -0.15) is 10.1 Å². The molecule has 7 nitrogen and oxygen atoms in total. The van der Waals surface area contributed by atoms with E-state index in [1.807, 2.05) is 6.07 Å². The van der Waals surface area contributed by atoms with Crippen LogP contribution in [0, 0.1) is 0 Å². The van der Waals surface area contributed by atoms with Crippen molar-refractivity contribution in [3.8, 4) is 5.75 Å². The number of nitrogens with zero attached hydrogens (tertiary/aromatic N) is 3. The molecule has 128 valence electrons. The van der Waals surface area contributed by atoms with E-state index in [-0.39, 0.29) is 5.75 Å². The summed E-state index contributed by atoms with van der Waals surface area (Å²) >= 11 is 0. The molecule has 0 aliphatic rings. The lowest BCUT2D eigenvalue weighted by molar-refractivity contribution is 0.475. The van der Waals surface area contributed by atoms with Crippen LogP contribution in [0.3, 0.4) is 0 Å². The van der Waals surface area contributed by atoms with Gasteiger partial charge < -0.3 is 15.0 Å². The first-order valence-corrected chi connectivity index (χ1v) is 8.06. The Morgan fingerprint density at radius 1 is 1.25 bits per heavy atom. The molecule has 2 rings (SSSR count). The van der Waals surface area contributed by atoms with Gasteiger partial charge in [0.15, 0.2) is 0 Å². The van der Waals surface area contributed by atoms with Crippen molar-refractivity contribution in [1.82, 2.24) is 9.97 Å². The van der Waals surface area contributed by atoms with Gasteiger partial charge in [-0.15, -0.1) is 0 Å². The van der Waals surface area contributed by atoms with Crippen LogP contribution in [-0.2, 0) is 0 Å². The van der Waals surface area contributed by atoms with E-state index in [2.05, 4.69) is 39.2 Å². The van der Waals surface area contributed by atoms with Crippen LogP contribution in [0.15, 0.2) is 40.2 Å². The van der Waals surface area contributed by atoms with Crippen molar-refractivity contribution in [1.29, 1.82) is 0 Å². The zero-order valence-electron chi connectivity index (χ0n) is 14.0. The largest absolute Gasteiger partial charge is 0.508 e. The Labute approximate surface area is 141 Å². The molecule has 0 bridgehead atoms. The van der Waals surface area contributed by atoms with Gasteiger partial charge in [-0.3, -0.25) is 5.43 Å². The molecule has 0 radical (unpaired) electrons. The van der Waals surface area contributed by atoms with Gasteiger partial charge in [0.2, 0.25) is 0 Å². The second-order valence-corrected chi connectivity index (χ2v) is 5.40. The van der Waals surface area contributed by atoms with E-state index < -0.39 is 5.69 Å². The second kappa shape index (κ2) is 8.71. The number of rotatable bonds is 8. The van der Waals surface area contributed by atoms with Gasteiger partial charge in [0.05, 0.1) is 17.6 Å². The van der Waals surface area contributed by atoms with E-state index in [4.69, 9.17) is 0 Å². The molecule has 1 aromatic heterocycles. The number of benzene rings is 1. The number of aromatic nitrogens is 2. The third-order valence-electron chi connectivity index (χ3n) is 3.33. The summed E-state index contributed by atoms with van der Waals surface area (Å²) in [6.45, 7) is 5.90. The van der Waals surface area contributed by atoms with Gasteiger partial charge >= 0.3 is 5.69 Å². The fourth-order valence-electron chi connectivity index (χ4n) is 2.29. The molecule has 1 aromatic carbocycles. The molecule has 0 saturated carbocycles. The highest BCUT2D eigenvalue weighted by atomic mass is 16.3. The Morgan fingerprint density at radius 3 is 2.54 bits per heavy atom. The summed E-state index contributed by atoms with van der Waals surface area (Å²) in [7, 11) is 0. The standard InChI is InChI=1S/C17H23N5O2/c1-3-9-22(10-4-2)16-11-14(19-17(24)20-16)12-18-21-13-5-7-15(23)8-6-13/h5-8,11-12,21,23H,3-4,9-10H2,1-2H3,(H,19,20,24)/b18-12+. The summed E-state index contributed by atoms with van der Waals surface area (Å²) in [5.41, 5.74) is 3.76. The molecule has 2 aromatic rings. The Bertz CT molecular complexity index is 719. The lowest BCUT2D eigenvalue weighted by atomic mass is 10.3. The molecule has 0 saturated heterocycles. The Hall–Kier alpha value is -2.83. The van der Waals surface area contributed by atoms with Crippen molar-refractivity contribution in [3.05, 3.63) is 46.5 Å². The normalized spacial score (nSPS) is 10.9. The molecule has 0 aliphatic heterocycles. The van der Waals surface area contributed by atoms with E-state index in [0.29, 0.717) is 11.5 Å². The Morgan fingerprint density at radius 2 is 1.92 bits per heavy atom. The first-order valence-electron chi connectivity index (χ1n) is 8.06. The minimum absolute atomic E-state index is 0.194. The van der Waals surface area contributed by atoms with Crippen LogP contribution in [0.5, 0.6) is 5.75 Å². The van der Waals surface area contributed by atoms with Crippen LogP contribution in [0.25, 0.3) is 0 Å². The third-order valence-corrected chi connectivity index (χ3v) is 3.33. The number of H-pyrrole nitrogens is 1. The maximum Gasteiger partial charge on any atom is 0.347 e. The van der Waals surface area contributed by atoms with Crippen LogP contribution >= 0.6 is 0 Å². The van der Waals surface area contributed by atoms with E-state index in [1.54, 1.807) is 24.3 Å². The summed E-state index contributed by atoms with van der Waals surface area (Å²) in [4.78, 5) is 20.6. The topological polar surface area (TPSA) is 93.6 Å². The highest BCUT2D eigenvalue weighted by molar-refractivity contribution is 5.78. The first-order chi connectivity index (χ1) is 11.6. The first kappa shape index (κ1) is 17.5. The summed E-state index contributed by atoms with van der Waals surface area (Å²) in [6.07, 6.45) is 3.51. The quantitative estimate of drug-likeness (QED) is 0.393. The minimum Gasteiger partial charge on any atom is -0.508 e. The number of aromatic hydroxyl groups is 1.